The van der Waals surface area contributed by atoms with Gasteiger partial charge in [0.15, 0.2) is 12.4 Å². The quantitative estimate of drug-likeness (QED) is 0.656. The Bertz CT molecular complexity index is 768. The third-order valence-corrected chi connectivity index (χ3v) is 3.83. The van der Waals surface area contributed by atoms with E-state index in [1.165, 1.54) is 19.2 Å². The smallest absolute Gasteiger partial charge is 0.355 e. The topological polar surface area (TPSA) is 81.2 Å². The van der Waals surface area contributed by atoms with Gasteiger partial charge in [-0.1, -0.05) is 0 Å². The van der Waals surface area contributed by atoms with Crippen LogP contribution in [0.3, 0.4) is 0 Å². The molecule has 0 saturated heterocycles. The van der Waals surface area contributed by atoms with E-state index in [9.17, 15) is 14.4 Å². The van der Waals surface area contributed by atoms with Crippen molar-refractivity contribution in [3.63, 3.8) is 0 Å². The van der Waals surface area contributed by atoms with E-state index in [0.29, 0.717) is 11.1 Å². The van der Waals surface area contributed by atoms with Crippen molar-refractivity contribution in [2.75, 3.05) is 6.61 Å². The molecule has 2 aromatic rings. The molecule has 0 amide bonds. The summed E-state index contributed by atoms with van der Waals surface area (Å²) < 4.78 is 7.06. The van der Waals surface area contributed by atoms with Gasteiger partial charge < -0.3 is 14.3 Å². The maximum atomic E-state index is 12.2. The predicted molar refractivity (Wildman–Crippen MR) is 85.0 cm³/mol. The second-order valence-electron chi connectivity index (χ2n) is 5.39. The monoisotopic (exact) mass is 316 g/mol. The molecule has 2 rings (SSSR count). The molecule has 2 heterocycles. The number of aryl methyl sites for hydroxylation is 1. The van der Waals surface area contributed by atoms with Crippen LogP contribution in [0.1, 0.15) is 56.4 Å². The van der Waals surface area contributed by atoms with Crippen LogP contribution in [0.15, 0.2) is 18.3 Å². The summed E-state index contributed by atoms with van der Waals surface area (Å²) in [6.45, 7) is 7.66. The first-order valence-corrected chi connectivity index (χ1v) is 7.41. The summed E-state index contributed by atoms with van der Waals surface area (Å²) in [5, 5.41) is 0. The Morgan fingerprint density at radius 3 is 2.43 bits per heavy atom. The minimum Gasteiger partial charge on any atom is -0.453 e. The number of ketones is 2. The normalized spacial score (nSPS) is 10.6. The van der Waals surface area contributed by atoms with Crippen LogP contribution in [0.2, 0.25) is 0 Å². The zero-order valence-electron chi connectivity index (χ0n) is 13.7. The van der Waals surface area contributed by atoms with Crippen LogP contribution in [0, 0.1) is 13.8 Å². The molecular formula is C17H20N2O4. The van der Waals surface area contributed by atoms with Gasteiger partial charge >= 0.3 is 5.97 Å². The second-order valence-corrected chi connectivity index (χ2v) is 5.39. The number of carbonyl (C=O) groups is 3. The molecule has 0 radical (unpaired) electrons. The van der Waals surface area contributed by atoms with Crippen molar-refractivity contribution in [2.45, 2.75) is 34.2 Å². The maximum Gasteiger partial charge on any atom is 0.355 e. The fourth-order valence-electron chi connectivity index (χ4n) is 2.57. The van der Waals surface area contributed by atoms with Gasteiger partial charge in [0, 0.05) is 35.3 Å². The molecule has 122 valence electrons. The van der Waals surface area contributed by atoms with Crippen LogP contribution in [-0.2, 0) is 11.3 Å². The molecule has 0 bridgehead atoms. The van der Waals surface area contributed by atoms with E-state index in [2.05, 4.69) is 4.98 Å². The van der Waals surface area contributed by atoms with E-state index in [0.717, 1.165) is 17.9 Å². The molecule has 0 aliphatic carbocycles. The fourth-order valence-corrected chi connectivity index (χ4v) is 2.57. The van der Waals surface area contributed by atoms with Gasteiger partial charge in [-0.05, 0) is 39.8 Å². The molecule has 6 heteroatoms. The molecule has 0 aliphatic heterocycles. The Morgan fingerprint density at radius 2 is 1.91 bits per heavy atom. The van der Waals surface area contributed by atoms with Gasteiger partial charge in [-0.3, -0.25) is 9.59 Å². The molecule has 0 aromatic carbocycles. The second kappa shape index (κ2) is 6.64. The zero-order valence-corrected chi connectivity index (χ0v) is 13.7. The molecule has 6 nitrogen and oxygen atoms in total. The Hall–Kier alpha value is -2.63. The van der Waals surface area contributed by atoms with Crippen molar-refractivity contribution in [3.05, 3.63) is 46.5 Å². The highest BCUT2D eigenvalue weighted by Gasteiger charge is 2.18. The zero-order chi connectivity index (χ0) is 17.1. The number of H-pyrrole nitrogens is 1. The number of rotatable bonds is 6. The SMILES string of the molecule is CCn1c(C)cc(C(=O)COC(=O)c2cc(C(C)=O)c[nH]2)c1C. The first-order chi connectivity index (χ1) is 10.8. The van der Waals surface area contributed by atoms with E-state index >= 15 is 0 Å². The van der Waals surface area contributed by atoms with E-state index in [-0.39, 0.29) is 23.9 Å². The fraction of sp³-hybridized carbons (Fsp3) is 0.353. The number of Topliss-reactive ketones (excluding diaryl/α,β-unsaturated/α-hetero) is 2. The lowest BCUT2D eigenvalue weighted by atomic mass is 10.1. The molecule has 0 atom stereocenters. The number of nitrogens with one attached hydrogen (secondary N) is 1. The summed E-state index contributed by atoms with van der Waals surface area (Å²) in [5.74, 6) is -1.05. The molecule has 2 aromatic heterocycles. The van der Waals surface area contributed by atoms with Gasteiger partial charge in [0.25, 0.3) is 0 Å². The van der Waals surface area contributed by atoms with E-state index in [4.69, 9.17) is 4.74 Å². The maximum absolute atomic E-state index is 12.2. The van der Waals surface area contributed by atoms with Gasteiger partial charge in [0.2, 0.25) is 5.78 Å². The molecular weight excluding hydrogens is 296 g/mol. The molecule has 0 aliphatic rings. The summed E-state index contributed by atoms with van der Waals surface area (Å²) in [5.41, 5.74) is 2.98. The minimum absolute atomic E-state index is 0.150. The number of carbonyl (C=O) groups excluding carboxylic acids is 3. The molecule has 0 unspecified atom stereocenters. The van der Waals surface area contributed by atoms with Crippen LogP contribution in [0.25, 0.3) is 0 Å². The van der Waals surface area contributed by atoms with Gasteiger partial charge in [0.1, 0.15) is 5.69 Å². The minimum atomic E-state index is -0.657. The van der Waals surface area contributed by atoms with Gasteiger partial charge in [-0.25, -0.2) is 4.79 Å². The predicted octanol–water partition coefficient (Wildman–Crippen LogP) is 2.70. The van der Waals surface area contributed by atoms with Crippen LogP contribution in [-0.4, -0.2) is 33.7 Å². The number of nitrogens with zero attached hydrogens (tertiary/aromatic N) is 1. The van der Waals surface area contributed by atoms with Crippen molar-refractivity contribution >= 4 is 17.5 Å². The molecule has 1 N–H and O–H groups in total. The van der Waals surface area contributed by atoms with Crippen LogP contribution < -0.4 is 0 Å². The first-order valence-electron chi connectivity index (χ1n) is 7.41. The Kier molecular flexibility index (Phi) is 4.83. The number of aromatic amines is 1. The molecule has 0 spiro atoms. The largest absolute Gasteiger partial charge is 0.453 e. The lowest BCUT2D eigenvalue weighted by Crippen LogP contribution is -2.15. The van der Waals surface area contributed by atoms with Crippen molar-refractivity contribution in [1.29, 1.82) is 0 Å². The van der Waals surface area contributed by atoms with Gasteiger partial charge in [-0.2, -0.15) is 0 Å². The summed E-state index contributed by atoms with van der Waals surface area (Å²) >= 11 is 0. The standard InChI is InChI=1S/C17H20N2O4/c1-5-19-10(2)6-14(11(19)3)16(21)9-23-17(22)15-7-13(8-18-15)12(4)20/h6-8,18H,5,9H2,1-4H3. The average Bonchev–Trinajstić information content (AvgIpc) is 3.10. The van der Waals surface area contributed by atoms with Crippen LogP contribution >= 0.6 is 0 Å². The Morgan fingerprint density at radius 1 is 1.22 bits per heavy atom. The van der Waals surface area contributed by atoms with E-state index in [1.807, 2.05) is 25.3 Å². The number of hydrogen-bond donors (Lipinski definition) is 1. The van der Waals surface area contributed by atoms with Crippen molar-refractivity contribution < 1.29 is 19.1 Å². The van der Waals surface area contributed by atoms with Crippen LogP contribution in [0.4, 0.5) is 0 Å². The van der Waals surface area contributed by atoms with Crippen LogP contribution in [0.5, 0.6) is 0 Å². The lowest BCUT2D eigenvalue weighted by Gasteiger charge is -2.06. The average molecular weight is 316 g/mol. The molecule has 23 heavy (non-hydrogen) atoms. The highest BCUT2D eigenvalue weighted by Crippen LogP contribution is 2.16. The first kappa shape index (κ1) is 16.7. The number of hydrogen-bond acceptors (Lipinski definition) is 4. The van der Waals surface area contributed by atoms with E-state index in [1.54, 1.807) is 6.07 Å². The third-order valence-electron chi connectivity index (χ3n) is 3.83. The highest BCUT2D eigenvalue weighted by molar-refractivity contribution is 6.01. The van der Waals surface area contributed by atoms with Crippen molar-refractivity contribution in [1.82, 2.24) is 9.55 Å². The molecule has 0 saturated carbocycles. The molecule has 0 fully saturated rings. The number of aromatic nitrogens is 2. The highest BCUT2D eigenvalue weighted by atomic mass is 16.5. The third kappa shape index (κ3) is 3.41. The summed E-state index contributed by atoms with van der Waals surface area (Å²) in [6.07, 6.45) is 1.44. The van der Waals surface area contributed by atoms with Crippen molar-refractivity contribution in [3.8, 4) is 0 Å². The Balaban J connectivity index is 2.04. The Labute approximate surface area is 134 Å². The summed E-state index contributed by atoms with van der Waals surface area (Å²) in [6, 6.07) is 3.22. The lowest BCUT2D eigenvalue weighted by molar-refractivity contribution is 0.0469. The number of esters is 1. The number of ether oxygens (including phenoxy) is 1. The summed E-state index contributed by atoms with van der Waals surface area (Å²) in [7, 11) is 0. The summed E-state index contributed by atoms with van der Waals surface area (Å²) in [4.78, 5) is 38.0. The van der Waals surface area contributed by atoms with Crippen molar-refractivity contribution in [2.24, 2.45) is 0 Å². The van der Waals surface area contributed by atoms with Gasteiger partial charge in [-0.15, -0.1) is 0 Å². The van der Waals surface area contributed by atoms with E-state index < -0.39 is 5.97 Å². The van der Waals surface area contributed by atoms with Gasteiger partial charge in [0.05, 0.1) is 0 Å².